The number of hydrogen-bond donors (Lipinski definition) is 1. The van der Waals surface area contributed by atoms with Gasteiger partial charge >= 0.3 is 0 Å². The van der Waals surface area contributed by atoms with Crippen LogP contribution in [-0.2, 0) is 14.3 Å². The molecule has 0 bridgehead atoms. The fourth-order valence-corrected chi connectivity index (χ4v) is 2.38. The Kier molecular flexibility index (Phi) is 1.53. The molecule has 1 aliphatic carbocycles. The minimum Gasteiger partial charge on any atom is -0.395 e. The molecule has 5 heteroatoms. The molecule has 5 nitrogen and oxygen atoms in total. The summed E-state index contributed by atoms with van der Waals surface area (Å²) in [7, 11) is 0. The second-order valence-electron chi connectivity index (χ2n) is 4.43. The van der Waals surface area contributed by atoms with Gasteiger partial charge in [0.15, 0.2) is 5.79 Å². The van der Waals surface area contributed by atoms with E-state index in [1.54, 1.807) is 0 Å². The average Bonchev–Trinajstić information content (AvgIpc) is 2.70. The molecule has 78 valence electrons. The lowest BCUT2D eigenvalue weighted by molar-refractivity contribution is -0.158. The van der Waals surface area contributed by atoms with E-state index in [1.807, 2.05) is 13.8 Å². The highest BCUT2D eigenvalue weighted by molar-refractivity contribution is 5.95. The van der Waals surface area contributed by atoms with Gasteiger partial charge in [-0.25, -0.2) is 0 Å². The maximum Gasteiger partial charge on any atom is 0.164 e. The largest absolute Gasteiger partial charge is 0.395 e. The van der Waals surface area contributed by atoms with E-state index in [4.69, 9.17) is 14.3 Å². The lowest BCUT2D eigenvalue weighted by Crippen LogP contribution is -2.33. The van der Waals surface area contributed by atoms with Gasteiger partial charge in [0.05, 0.1) is 17.7 Å². The number of ether oxygens (including phenoxy) is 2. The third kappa shape index (κ3) is 0.973. The van der Waals surface area contributed by atoms with Crippen LogP contribution in [0.2, 0.25) is 0 Å². The number of aliphatic hydroxyl groups excluding tert-OH is 1. The van der Waals surface area contributed by atoms with Crippen LogP contribution in [0.25, 0.3) is 0 Å². The summed E-state index contributed by atoms with van der Waals surface area (Å²) in [5, 5.41) is 13.8. The second kappa shape index (κ2) is 2.48. The Labute approximate surface area is 81.6 Å². The predicted octanol–water partition coefficient (Wildman–Crippen LogP) is -0.117. The molecule has 0 radical (unpaired) electrons. The molecule has 14 heavy (non-hydrogen) atoms. The van der Waals surface area contributed by atoms with Crippen LogP contribution in [0.1, 0.15) is 13.8 Å². The molecule has 0 aromatic carbocycles. The summed E-state index contributed by atoms with van der Waals surface area (Å²) < 4.78 is 11.3. The van der Waals surface area contributed by atoms with Crippen LogP contribution in [-0.4, -0.2) is 41.5 Å². The van der Waals surface area contributed by atoms with Crippen molar-refractivity contribution >= 4 is 5.71 Å². The van der Waals surface area contributed by atoms with Gasteiger partial charge < -0.3 is 19.4 Å². The average molecular weight is 199 g/mol. The van der Waals surface area contributed by atoms with E-state index in [-0.39, 0.29) is 18.1 Å². The van der Waals surface area contributed by atoms with Crippen molar-refractivity contribution in [1.29, 1.82) is 0 Å². The molecule has 0 unspecified atom stereocenters. The zero-order chi connectivity index (χ0) is 9.92. The van der Waals surface area contributed by atoms with Crippen molar-refractivity contribution in [2.75, 3.05) is 6.61 Å². The van der Waals surface area contributed by atoms with E-state index in [0.717, 1.165) is 5.71 Å². The molecular weight excluding hydrogens is 186 g/mol. The monoisotopic (exact) mass is 199 g/mol. The molecule has 0 aromatic rings. The van der Waals surface area contributed by atoms with Gasteiger partial charge in [-0.05, 0) is 13.8 Å². The van der Waals surface area contributed by atoms with Gasteiger partial charge in [0, 0.05) is 0 Å². The van der Waals surface area contributed by atoms with Crippen LogP contribution >= 0.6 is 0 Å². The highest BCUT2D eigenvalue weighted by atomic mass is 16.8. The van der Waals surface area contributed by atoms with Gasteiger partial charge in [-0.2, -0.15) is 0 Å². The SMILES string of the molecule is CC1(C)O[C@@H]2[C@H](O)[C@H]3CON=C3[C@@H]2O1. The van der Waals surface area contributed by atoms with Crippen LogP contribution in [0.15, 0.2) is 5.16 Å². The molecule has 0 aromatic heterocycles. The van der Waals surface area contributed by atoms with Crippen molar-refractivity contribution in [2.24, 2.45) is 11.1 Å². The normalized spacial score (nSPS) is 48.4. The molecule has 3 rings (SSSR count). The van der Waals surface area contributed by atoms with Gasteiger partial charge in [0.1, 0.15) is 18.8 Å². The summed E-state index contributed by atoms with van der Waals surface area (Å²) in [4.78, 5) is 4.95. The number of oxime groups is 1. The molecule has 4 atom stereocenters. The van der Waals surface area contributed by atoms with Gasteiger partial charge in [-0.1, -0.05) is 5.16 Å². The number of aliphatic hydroxyl groups is 1. The molecule has 0 amide bonds. The Bertz CT molecular complexity index is 301. The lowest BCUT2D eigenvalue weighted by atomic mass is 10.1. The van der Waals surface area contributed by atoms with E-state index in [2.05, 4.69) is 5.16 Å². The van der Waals surface area contributed by atoms with E-state index in [0.29, 0.717) is 6.61 Å². The third-order valence-corrected chi connectivity index (χ3v) is 2.97. The topological polar surface area (TPSA) is 60.3 Å². The van der Waals surface area contributed by atoms with E-state index >= 15 is 0 Å². The molecule has 1 saturated carbocycles. The number of fused-ring (bicyclic) bond motifs is 3. The highest BCUT2D eigenvalue weighted by Gasteiger charge is 2.58. The quantitative estimate of drug-likeness (QED) is 0.591. The zero-order valence-corrected chi connectivity index (χ0v) is 8.14. The standard InChI is InChI=1S/C9H13NO4/c1-9(2)13-7-5-4(3-12-10-5)6(11)8(7)14-9/h4,6-8,11H,3H2,1-2H3/t4-,6+,7-,8+/m0/s1. The smallest absolute Gasteiger partial charge is 0.164 e. The van der Waals surface area contributed by atoms with E-state index < -0.39 is 11.9 Å². The summed E-state index contributed by atoms with van der Waals surface area (Å²) in [6.07, 6.45) is -1.06. The van der Waals surface area contributed by atoms with Crippen molar-refractivity contribution < 1.29 is 19.4 Å². The molecule has 2 heterocycles. The van der Waals surface area contributed by atoms with Crippen molar-refractivity contribution in [3.8, 4) is 0 Å². The van der Waals surface area contributed by atoms with Crippen molar-refractivity contribution in [3.05, 3.63) is 0 Å². The lowest BCUT2D eigenvalue weighted by Gasteiger charge is -2.21. The first-order chi connectivity index (χ1) is 6.58. The predicted molar refractivity (Wildman–Crippen MR) is 46.7 cm³/mol. The Morgan fingerprint density at radius 3 is 3.00 bits per heavy atom. The summed E-state index contributed by atoms with van der Waals surface area (Å²) >= 11 is 0. The number of hydrogen-bond acceptors (Lipinski definition) is 5. The first-order valence-electron chi connectivity index (χ1n) is 4.82. The minimum atomic E-state index is -0.633. The van der Waals surface area contributed by atoms with Crippen LogP contribution in [0, 0.1) is 5.92 Å². The molecule has 1 saturated heterocycles. The number of nitrogens with zero attached hydrogens (tertiary/aromatic N) is 1. The van der Waals surface area contributed by atoms with E-state index in [9.17, 15) is 5.11 Å². The maximum atomic E-state index is 9.94. The van der Waals surface area contributed by atoms with Crippen LogP contribution < -0.4 is 0 Å². The van der Waals surface area contributed by atoms with E-state index in [1.165, 1.54) is 0 Å². The summed E-state index contributed by atoms with van der Waals surface area (Å²) in [6.45, 7) is 4.11. The maximum absolute atomic E-state index is 9.94. The molecule has 1 N–H and O–H groups in total. The molecule has 2 aliphatic heterocycles. The Morgan fingerprint density at radius 1 is 1.43 bits per heavy atom. The van der Waals surface area contributed by atoms with Crippen molar-refractivity contribution in [3.63, 3.8) is 0 Å². The Hall–Kier alpha value is -0.650. The number of rotatable bonds is 0. The summed E-state index contributed by atoms with van der Waals surface area (Å²) in [5.41, 5.74) is 0.799. The van der Waals surface area contributed by atoms with Crippen molar-refractivity contribution in [2.45, 2.75) is 37.9 Å². The van der Waals surface area contributed by atoms with Gasteiger partial charge in [0.2, 0.25) is 0 Å². The first-order valence-corrected chi connectivity index (χ1v) is 4.82. The van der Waals surface area contributed by atoms with Crippen molar-refractivity contribution in [1.82, 2.24) is 0 Å². The fraction of sp³-hybridized carbons (Fsp3) is 0.889. The van der Waals surface area contributed by atoms with Gasteiger partial charge in [0.25, 0.3) is 0 Å². The third-order valence-electron chi connectivity index (χ3n) is 2.97. The van der Waals surface area contributed by atoms with Crippen LogP contribution in [0.3, 0.4) is 0 Å². The minimum absolute atomic E-state index is 0.0406. The summed E-state index contributed by atoms with van der Waals surface area (Å²) in [5.74, 6) is -0.673. The molecular formula is C9H13NO4. The molecule has 3 aliphatic rings. The molecule has 0 spiro atoms. The highest BCUT2D eigenvalue weighted by Crippen LogP contribution is 2.41. The second-order valence-corrected chi connectivity index (χ2v) is 4.43. The van der Waals surface area contributed by atoms with Gasteiger partial charge in [-0.3, -0.25) is 0 Å². The zero-order valence-electron chi connectivity index (χ0n) is 8.14. The van der Waals surface area contributed by atoms with Crippen LogP contribution in [0.4, 0.5) is 0 Å². The van der Waals surface area contributed by atoms with Gasteiger partial charge in [-0.15, -0.1) is 0 Å². The Morgan fingerprint density at radius 2 is 2.21 bits per heavy atom. The van der Waals surface area contributed by atoms with Crippen LogP contribution in [0.5, 0.6) is 0 Å². The molecule has 2 fully saturated rings. The fourth-order valence-electron chi connectivity index (χ4n) is 2.38. The Balaban J connectivity index is 1.93. The first kappa shape index (κ1) is 8.64. The summed E-state index contributed by atoms with van der Waals surface area (Å²) in [6, 6.07) is 0.